The fourth-order valence-corrected chi connectivity index (χ4v) is 3.50. The SMILES string of the molecule is Cc1cc(NC(=O)c2ccccc2NS(C)(=O)=O)cc(C)c1OCCNC(C)C.Cl. The molecular weight excluding hydrogens is 426 g/mol. The molecule has 0 saturated carbocycles. The molecule has 1 amide bonds. The highest BCUT2D eigenvalue weighted by atomic mass is 35.5. The molecule has 2 aromatic carbocycles. The van der Waals surface area contributed by atoms with Crippen LogP contribution in [0.1, 0.15) is 35.3 Å². The Morgan fingerprint density at radius 1 is 1.10 bits per heavy atom. The molecule has 0 spiro atoms. The van der Waals surface area contributed by atoms with Crippen LogP contribution in [0.4, 0.5) is 11.4 Å². The molecule has 0 bridgehead atoms. The summed E-state index contributed by atoms with van der Waals surface area (Å²) in [6.07, 6.45) is 1.05. The molecule has 30 heavy (non-hydrogen) atoms. The first-order valence-corrected chi connectivity index (χ1v) is 11.3. The number of halogens is 1. The van der Waals surface area contributed by atoms with E-state index in [2.05, 4.69) is 29.2 Å². The average molecular weight is 456 g/mol. The van der Waals surface area contributed by atoms with Crippen molar-refractivity contribution in [1.82, 2.24) is 5.32 Å². The summed E-state index contributed by atoms with van der Waals surface area (Å²) in [6, 6.07) is 10.5. The number of amides is 1. The summed E-state index contributed by atoms with van der Waals surface area (Å²) in [5.41, 5.74) is 2.92. The van der Waals surface area contributed by atoms with Gasteiger partial charge in [-0.05, 0) is 49.2 Å². The Kier molecular flexibility index (Phi) is 9.61. The lowest BCUT2D eigenvalue weighted by Crippen LogP contribution is -2.27. The van der Waals surface area contributed by atoms with Gasteiger partial charge in [0, 0.05) is 18.3 Å². The number of anilines is 2. The van der Waals surface area contributed by atoms with Crippen molar-refractivity contribution in [2.75, 3.05) is 29.4 Å². The minimum atomic E-state index is -3.49. The van der Waals surface area contributed by atoms with Crippen molar-refractivity contribution in [2.45, 2.75) is 33.7 Å². The zero-order valence-corrected chi connectivity index (χ0v) is 19.5. The van der Waals surface area contributed by atoms with Crippen molar-refractivity contribution in [3.05, 3.63) is 53.1 Å². The monoisotopic (exact) mass is 455 g/mol. The van der Waals surface area contributed by atoms with Crippen LogP contribution in [0, 0.1) is 13.8 Å². The van der Waals surface area contributed by atoms with Crippen LogP contribution < -0.4 is 20.1 Å². The first-order valence-electron chi connectivity index (χ1n) is 9.42. The summed E-state index contributed by atoms with van der Waals surface area (Å²) in [5.74, 6) is 0.401. The van der Waals surface area contributed by atoms with Crippen molar-refractivity contribution < 1.29 is 17.9 Å². The van der Waals surface area contributed by atoms with Crippen LogP contribution in [0.3, 0.4) is 0 Å². The average Bonchev–Trinajstić information content (AvgIpc) is 2.59. The number of carbonyl (C=O) groups excluding carboxylic acids is 1. The molecule has 0 aliphatic heterocycles. The van der Waals surface area contributed by atoms with Crippen LogP contribution in [0.25, 0.3) is 0 Å². The number of hydrogen-bond acceptors (Lipinski definition) is 5. The molecule has 0 atom stereocenters. The Morgan fingerprint density at radius 2 is 1.70 bits per heavy atom. The van der Waals surface area contributed by atoms with E-state index in [4.69, 9.17) is 4.74 Å². The Balaban J connectivity index is 0.00000450. The molecule has 0 aliphatic carbocycles. The molecule has 2 rings (SSSR count). The second-order valence-corrected chi connectivity index (χ2v) is 9.02. The van der Waals surface area contributed by atoms with Gasteiger partial charge in [-0.2, -0.15) is 0 Å². The Labute approximate surface area is 185 Å². The van der Waals surface area contributed by atoms with Crippen LogP contribution >= 0.6 is 12.4 Å². The molecule has 7 nitrogen and oxygen atoms in total. The van der Waals surface area contributed by atoms with Gasteiger partial charge < -0.3 is 15.4 Å². The number of rotatable bonds is 9. The van der Waals surface area contributed by atoms with Gasteiger partial charge in [-0.25, -0.2) is 8.42 Å². The van der Waals surface area contributed by atoms with Crippen molar-refractivity contribution in [3.8, 4) is 5.75 Å². The zero-order valence-electron chi connectivity index (χ0n) is 17.9. The van der Waals surface area contributed by atoms with Crippen LogP contribution in [0.5, 0.6) is 5.75 Å². The van der Waals surface area contributed by atoms with Crippen molar-refractivity contribution in [1.29, 1.82) is 0 Å². The van der Waals surface area contributed by atoms with Gasteiger partial charge in [-0.3, -0.25) is 9.52 Å². The second-order valence-electron chi connectivity index (χ2n) is 7.27. The molecule has 0 fully saturated rings. The maximum atomic E-state index is 12.7. The molecule has 166 valence electrons. The first kappa shape index (κ1) is 25.7. The molecule has 3 N–H and O–H groups in total. The van der Waals surface area contributed by atoms with E-state index in [-0.39, 0.29) is 23.7 Å². The Bertz CT molecular complexity index is 955. The molecule has 0 saturated heterocycles. The smallest absolute Gasteiger partial charge is 0.257 e. The third kappa shape index (κ3) is 7.85. The molecule has 0 aromatic heterocycles. The van der Waals surface area contributed by atoms with Crippen molar-refractivity contribution in [3.63, 3.8) is 0 Å². The highest BCUT2D eigenvalue weighted by Crippen LogP contribution is 2.28. The number of sulfonamides is 1. The third-order valence-corrected chi connectivity index (χ3v) is 4.68. The van der Waals surface area contributed by atoms with Crippen LogP contribution in [0.15, 0.2) is 36.4 Å². The molecular formula is C21H30ClN3O4S. The van der Waals surface area contributed by atoms with E-state index in [1.165, 1.54) is 0 Å². The number of para-hydroxylation sites is 1. The standard InChI is InChI=1S/C21H29N3O4S.ClH/c1-14(2)22-10-11-28-20-15(3)12-17(13-16(20)4)23-21(25)18-8-6-7-9-19(18)24-29(5,26)27;/h6-9,12-14,22,24H,10-11H2,1-5H3,(H,23,25);1H. The molecule has 0 radical (unpaired) electrons. The lowest BCUT2D eigenvalue weighted by atomic mass is 10.1. The largest absolute Gasteiger partial charge is 0.492 e. The number of hydrogen-bond donors (Lipinski definition) is 3. The van der Waals surface area contributed by atoms with Gasteiger partial charge in [0.1, 0.15) is 12.4 Å². The molecule has 9 heteroatoms. The van der Waals surface area contributed by atoms with Crippen LogP contribution in [-0.2, 0) is 10.0 Å². The van der Waals surface area contributed by atoms with Crippen molar-refractivity contribution in [2.24, 2.45) is 0 Å². The lowest BCUT2D eigenvalue weighted by Gasteiger charge is -2.16. The molecule has 0 aliphatic rings. The van der Waals surface area contributed by atoms with Gasteiger partial charge in [0.15, 0.2) is 0 Å². The maximum Gasteiger partial charge on any atom is 0.257 e. The quantitative estimate of drug-likeness (QED) is 0.500. The van der Waals surface area contributed by atoms with E-state index in [0.717, 1.165) is 29.7 Å². The summed E-state index contributed by atoms with van der Waals surface area (Å²) in [4.78, 5) is 12.7. The number of carbonyl (C=O) groups is 1. The van der Waals surface area contributed by atoms with Gasteiger partial charge in [0.05, 0.1) is 17.5 Å². The highest BCUT2D eigenvalue weighted by molar-refractivity contribution is 7.92. The number of nitrogens with one attached hydrogen (secondary N) is 3. The van der Waals surface area contributed by atoms with Crippen LogP contribution in [0.2, 0.25) is 0 Å². The lowest BCUT2D eigenvalue weighted by molar-refractivity contribution is 0.102. The van der Waals surface area contributed by atoms with E-state index < -0.39 is 15.9 Å². The fraction of sp³-hybridized carbons (Fsp3) is 0.381. The molecule has 0 heterocycles. The van der Waals surface area contributed by atoms with Gasteiger partial charge in [-0.1, -0.05) is 26.0 Å². The highest BCUT2D eigenvalue weighted by Gasteiger charge is 2.15. The summed E-state index contributed by atoms with van der Waals surface area (Å²) >= 11 is 0. The maximum absolute atomic E-state index is 12.7. The zero-order chi connectivity index (χ0) is 21.6. The predicted molar refractivity (Wildman–Crippen MR) is 125 cm³/mol. The van der Waals surface area contributed by atoms with E-state index in [1.807, 2.05) is 26.0 Å². The summed E-state index contributed by atoms with van der Waals surface area (Å²) in [6.45, 7) is 9.31. The normalized spacial score (nSPS) is 11.0. The minimum absolute atomic E-state index is 0. The summed E-state index contributed by atoms with van der Waals surface area (Å²) in [7, 11) is -3.49. The first-order chi connectivity index (χ1) is 13.6. The van der Waals surface area contributed by atoms with E-state index in [0.29, 0.717) is 18.3 Å². The van der Waals surface area contributed by atoms with Crippen molar-refractivity contribution >= 4 is 39.7 Å². The fourth-order valence-electron chi connectivity index (χ4n) is 2.92. The third-order valence-electron chi connectivity index (χ3n) is 4.09. The predicted octanol–water partition coefficient (Wildman–Crippen LogP) is 3.73. The topological polar surface area (TPSA) is 96.5 Å². The van der Waals surface area contributed by atoms with E-state index in [9.17, 15) is 13.2 Å². The van der Waals surface area contributed by atoms with E-state index >= 15 is 0 Å². The number of ether oxygens (including phenoxy) is 1. The van der Waals surface area contributed by atoms with Gasteiger partial charge in [0.2, 0.25) is 10.0 Å². The van der Waals surface area contributed by atoms with Gasteiger partial charge in [-0.15, -0.1) is 12.4 Å². The summed E-state index contributed by atoms with van der Waals surface area (Å²) < 4.78 is 31.3. The Morgan fingerprint density at radius 3 is 2.27 bits per heavy atom. The van der Waals surface area contributed by atoms with Crippen LogP contribution in [-0.4, -0.2) is 39.8 Å². The minimum Gasteiger partial charge on any atom is -0.492 e. The number of aryl methyl sites for hydroxylation is 2. The molecule has 2 aromatic rings. The van der Waals surface area contributed by atoms with Gasteiger partial charge in [0.25, 0.3) is 5.91 Å². The van der Waals surface area contributed by atoms with E-state index in [1.54, 1.807) is 24.3 Å². The molecule has 0 unspecified atom stereocenters. The Hall–Kier alpha value is -2.29. The second kappa shape index (κ2) is 11.2. The summed E-state index contributed by atoms with van der Waals surface area (Å²) in [5, 5.41) is 6.13. The number of benzene rings is 2. The van der Waals surface area contributed by atoms with Gasteiger partial charge >= 0.3 is 0 Å².